The van der Waals surface area contributed by atoms with E-state index in [-0.39, 0.29) is 29.6 Å². The number of amides is 1. The van der Waals surface area contributed by atoms with Gasteiger partial charge in [0.05, 0.1) is 0 Å². The number of likely N-dealkylation sites (tertiary alicyclic amines) is 1. The summed E-state index contributed by atoms with van der Waals surface area (Å²) in [5.74, 6) is -0.0728. The van der Waals surface area contributed by atoms with Crippen LogP contribution in [0.3, 0.4) is 0 Å². The van der Waals surface area contributed by atoms with E-state index in [0.29, 0.717) is 13.1 Å². The highest BCUT2D eigenvalue weighted by Gasteiger charge is 2.36. The van der Waals surface area contributed by atoms with Gasteiger partial charge in [0, 0.05) is 24.9 Å². The molecule has 0 bridgehead atoms. The normalized spacial score (nSPS) is 22.4. The third kappa shape index (κ3) is 6.13. The molecule has 0 aromatic heterocycles. The van der Waals surface area contributed by atoms with E-state index in [1.807, 2.05) is 25.7 Å². The first-order valence-electron chi connectivity index (χ1n) is 8.92. The fourth-order valence-corrected chi connectivity index (χ4v) is 3.45. The number of carbonyl (C=O) groups excluding carboxylic acids is 1. The molecule has 1 aliphatic rings. The lowest BCUT2D eigenvalue weighted by Gasteiger charge is -2.41. The Hall–Kier alpha value is -1.10. The van der Waals surface area contributed by atoms with Crippen LogP contribution in [0.15, 0.2) is 0 Å². The van der Waals surface area contributed by atoms with Crippen molar-refractivity contribution in [1.82, 2.24) is 9.80 Å². The zero-order valence-electron chi connectivity index (χ0n) is 15.5. The first-order chi connectivity index (χ1) is 10.7. The number of nitrogens with zero attached hydrogens (tertiary/aromatic N) is 2. The average Bonchev–Trinajstić information content (AvgIpc) is 2.47. The molecule has 5 heteroatoms. The maximum atomic E-state index is 12.5. The number of carboxylic acid groups (broad SMARTS) is 1. The molecule has 1 heterocycles. The summed E-state index contributed by atoms with van der Waals surface area (Å²) in [6.07, 6.45) is 1.99. The number of hydrogen-bond acceptors (Lipinski definition) is 3. The van der Waals surface area contributed by atoms with E-state index in [9.17, 15) is 9.59 Å². The number of hydrogen-bond donors (Lipinski definition) is 1. The second kappa shape index (κ2) is 8.67. The molecule has 0 aromatic rings. The zero-order valence-corrected chi connectivity index (χ0v) is 15.5. The molecule has 5 nitrogen and oxygen atoms in total. The second-order valence-electron chi connectivity index (χ2n) is 7.72. The van der Waals surface area contributed by atoms with Gasteiger partial charge < -0.3 is 14.9 Å². The van der Waals surface area contributed by atoms with Crippen molar-refractivity contribution in [3.05, 3.63) is 0 Å². The molecule has 134 valence electrons. The summed E-state index contributed by atoms with van der Waals surface area (Å²) < 4.78 is 0. The maximum Gasteiger partial charge on any atom is 0.303 e. The van der Waals surface area contributed by atoms with Gasteiger partial charge in [-0.05, 0) is 44.3 Å². The smallest absolute Gasteiger partial charge is 0.303 e. The van der Waals surface area contributed by atoms with E-state index >= 15 is 0 Å². The summed E-state index contributed by atoms with van der Waals surface area (Å²) in [6, 6.07) is 0. The molecule has 0 saturated carbocycles. The van der Waals surface area contributed by atoms with Crippen LogP contribution in [-0.2, 0) is 9.59 Å². The van der Waals surface area contributed by atoms with Crippen molar-refractivity contribution in [1.29, 1.82) is 0 Å². The van der Waals surface area contributed by atoms with E-state index in [1.165, 1.54) is 0 Å². The molecule has 0 spiro atoms. The summed E-state index contributed by atoms with van der Waals surface area (Å²) in [5, 5.41) is 9.17. The Morgan fingerprint density at radius 2 is 1.78 bits per heavy atom. The van der Waals surface area contributed by atoms with Crippen molar-refractivity contribution in [2.45, 2.75) is 53.9 Å². The standard InChI is InChI=1S/C18H34N2O3/c1-6-19(7-2)10-8-15-13-20(17(23)18(3,4)5)11-9-14(15)12-16(21)22/h14-15H,6-13H2,1-5H3,(H,21,22). The Morgan fingerprint density at radius 3 is 2.26 bits per heavy atom. The summed E-state index contributed by atoms with van der Waals surface area (Å²) in [6.45, 7) is 14.5. The number of carbonyl (C=O) groups is 2. The molecule has 1 aliphatic heterocycles. The van der Waals surface area contributed by atoms with Crippen molar-refractivity contribution in [3.8, 4) is 0 Å². The molecule has 0 aromatic carbocycles. The van der Waals surface area contributed by atoms with Gasteiger partial charge in [0.15, 0.2) is 0 Å². The van der Waals surface area contributed by atoms with E-state index < -0.39 is 5.97 Å². The highest BCUT2D eigenvalue weighted by atomic mass is 16.4. The molecule has 23 heavy (non-hydrogen) atoms. The van der Waals surface area contributed by atoms with E-state index in [0.717, 1.165) is 32.5 Å². The minimum atomic E-state index is -0.724. The monoisotopic (exact) mass is 326 g/mol. The quantitative estimate of drug-likeness (QED) is 0.781. The fraction of sp³-hybridized carbons (Fsp3) is 0.889. The molecule has 1 fully saturated rings. The minimum absolute atomic E-state index is 0.180. The van der Waals surface area contributed by atoms with Crippen LogP contribution in [0.2, 0.25) is 0 Å². The minimum Gasteiger partial charge on any atom is -0.481 e. The van der Waals surface area contributed by atoms with Crippen LogP contribution in [0, 0.1) is 17.3 Å². The number of rotatable bonds is 7. The molecule has 2 atom stereocenters. The van der Waals surface area contributed by atoms with E-state index in [2.05, 4.69) is 18.7 Å². The molecule has 0 radical (unpaired) electrons. The van der Waals surface area contributed by atoms with Crippen LogP contribution < -0.4 is 0 Å². The lowest BCUT2D eigenvalue weighted by molar-refractivity contribution is -0.143. The SMILES string of the molecule is CCN(CC)CCC1CN(C(=O)C(C)(C)C)CCC1CC(=O)O. The van der Waals surface area contributed by atoms with Crippen LogP contribution in [-0.4, -0.2) is 59.5 Å². The second-order valence-corrected chi connectivity index (χ2v) is 7.72. The van der Waals surface area contributed by atoms with Gasteiger partial charge in [-0.2, -0.15) is 0 Å². The maximum absolute atomic E-state index is 12.5. The zero-order chi connectivity index (χ0) is 17.6. The Balaban J connectivity index is 2.74. The van der Waals surface area contributed by atoms with Crippen molar-refractivity contribution in [2.75, 3.05) is 32.7 Å². The van der Waals surface area contributed by atoms with Gasteiger partial charge in [-0.15, -0.1) is 0 Å². The van der Waals surface area contributed by atoms with Gasteiger partial charge in [0.25, 0.3) is 0 Å². The summed E-state index contributed by atoms with van der Waals surface area (Å²) >= 11 is 0. The highest BCUT2D eigenvalue weighted by Crippen LogP contribution is 2.31. The van der Waals surface area contributed by atoms with Gasteiger partial charge in [-0.1, -0.05) is 34.6 Å². The van der Waals surface area contributed by atoms with Gasteiger partial charge in [0.1, 0.15) is 0 Å². The van der Waals surface area contributed by atoms with Crippen LogP contribution >= 0.6 is 0 Å². The lowest BCUT2D eigenvalue weighted by Crippen LogP contribution is -2.48. The Bertz CT molecular complexity index is 400. The molecule has 0 aliphatic carbocycles. The highest BCUT2D eigenvalue weighted by molar-refractivity contribution is 5.81. The molecule has 1 N–H and O–H groups in total. The topological polar surface area (TPSA) is 60.9 Å². The van der Waals surface area contributed by atoms with Gasteiger partial charge >= 0.3 is 5.97 Å². The fourth-order valence-electron chi connectivity index (χ4n) is 3.45. The largest absolute Gasteiger partial charge is 0.481 e. The Morgan fingerprint density at radius 1 is 1.17 bits per heavy atom. The first-order valence-corrected chi connectivity index (χ1v) is 8.92. The van der Waals surface area contributed by atoms with Crippen LogP contribution in [0.25, 0.3) is 0 Å². The van der Waals surface area contributed by atoms with Crippen molar-refractivity contribution >= 4 is 11.9 Å². The summed E-state index contributed by atoms with van der Waals surface area (Å²) in [5.41, 5.74) is -0.372. The van der Waals surface area contributed by atoms with Crippen LogP contribution in [0.4, 0.5) is 0 Å². The van der Waals surface area contributed by atoms with Crippen molar-refractivity contribution in [3.63, 3.8) is 0 Å². The molecule has 1 saturated heterocycles. The summed E-state index contributed by atoms with van der Waals surface area (Å²) in [7, 11) is 0. The Kier molecular flexibility index (Phi) is 7.52. The molecular formula is C18H34N2O3. The Labute approximate surface area is 141 Å². The van der Waals surface area contributed by atoms with Gasteiger partial charge in [-0.3, -0.25) is 9.59 Å². The molecular weight excluding hydrogens is 292 g/mol. The summed E-state index contributed by atoms with van der Waals surface area (Å²) in [4.78, 5) is 28.0. The number of carboxylic acids is 1. The van der Waals surface area contributed by atoms with Crippen molar-refractivity contribution in [2.24, 2.45) is 17.3 Å². The third-order valence-corrected chi connectivity index (χ3v) is 4.97. The number of piperidine rings is 1. The van der Waals surface area contributed by atoms with Gasteiger partial charge in [0.2, 0.25) is 5.91 Å². The van der Waals surface area contributed by atoms with Gasteiger partial charge in [-0.25, -0.2) is 0 Å². The first kappa shape index (κ1) is 19.9. The van der Waals surface area contributed by atoms with E-state index in [1.54, 1.807) is 0 Å². The van der Waals surface area contributed by atoms with Crippen LogP contribution in [0.1, 0.15) is 53.9 Å². The molecule has 1 amide bonds. The average molecular weight is 326 g/mol. The van der Waals surface area contributed by atoms with Crippen molar-refractivity contribution < 1.29 is 14.7 Å². The van der Waals surface area contributed by atoms with Crippen LogP contribution in [0.5, 0.6) is 0 Å². The number of aliphatic carboxylic acids is 1. The predicted molar refractivity (Wildman–Crippen MR) is 92.3 cm³/mol. The molecule has 1 rings (SSSR count). The van der Waals surface area contributed by atoms with E-state index in [4.69, 9.17) is 5.11 Å². The third-order valence-electron chi connectivity index (χ3n) is 4.97. The lowest BCUT2D eigenvalue weighted by atomic mass is 9.80. The predicted octanol–water partition coefficient (Wildman–Crippen LogP) is 2.70. The molecule has 2 unspecified atom stereocenters.